The Kier molecular flexibility index (Phi) is 5.21. The van der Waals surface area contributed by atoms with Gasteiger partial charge in [-0.2, -0.15) is 0 Å². The van der Waals surface area contributed by atoms with Crippen LogP contribution in [0.5, 0.6) is 0 Å². The molecule has 1 aliphatic rings. The molecule has 1 aliphatic heterocycles. The predicted molar refractivity (Wildman–Crippen MR) is 98.4 cm³/mol. The molecule has 27 heavy (non-hydrogen) atoms. The van der Waals surface area contributed by atoms with Crippen molar-refractivity contribution in [1.29, 1.82) is 0 Å². The van der Waals surface area contributed by atoms with Gasteiger partial charge in [0.25, 0.3) is 0 Å². The van der Waals surface area contributed by atoms with Crippen LogP contribution in [0.1, 0.15) is 26.3 Å². The van der Waals surface area contributed by atoms with E-state index in [1.54, 1.807) is 12.1 Å². The average molecular weight is 412 g/mol. The molecule has 3 rings (SSSR count). The summed E-state index contributed by atoms with van der Waals surface area (Å²) < 4.78 is 42.8. The Bertz CT molecular complexity index is 1040. The van der Waals surface area contributed by atoms with Crippen molar-refractivity contribution >= 4 is 39.1 Å². The molecule has 0 fully saturated rings. The van der Waals surface area contributed by atoms with Crippen molar-refractivity contribution in [3.8, 4) is 0 Å². The maximum absolute atomic E-state index is 13.0. The van der Waals surface area contributed by atoms with Gasteiger partial charge in [-0.3, -0.25) is 9.10 Å². The van der Waals surface area contributed by atoms with E-state index in [-0.39, 0.29) is 10.6 Å². The monoisotopic (exact) mass is 411 g/mol. The number of Topliss-reactive ketones (excluding diaryl/α,β-unsaturated/α-hetero) is 1. The van der Waals surface area contributed by atoms with Gasteiger partial charge in [-0.05, 0) is 48.4 Å². The topological polar surface area (TPSA) is 80.8 Å². The smallest absolute Gasteiger partial charge is 0.340 e. The summed E-state index contributed by atoms with van der Waals surface area (Å²) in [6.07, 6.45) is 1.62. The summed E-state index contributed by atoms with van der Waals surface area (Å²) >= 11 is 5.79. The number of sulfonamides is 1. The largest absolute Gasteiger partial charge is 0.454 e. The zero-order chi connectivity index (χ0) is 19.8. The van der Waals surface area contributed by atoms with E-state index in [1.807, 2.05) is 0 Å². The van der Waals surface area contributed by atoms with E-state index in [4.69, 9.17) is 16.3 Å². The molecular formula is C18H15ClFNO5S. The van der Waals surface area contributed by atoms with E-state index in [1.165, 1.54) is 16.4 Å². The summed E-state index contributed by atoms with van der Waals surface area (Å²) in [7, 11) is -3.37. The van der Waals surface area contributed by atoms with Crippen LogP contribution < -0.4 is 4.31 Å². The first kappa shape index (κ1) is 19.3. The second-order valence-electron chi connectivity index (χ2n) is 6.05. The van der Waals surface area contributed by atoms with Crippen molar-refractivity contribution < 1.29 is 27.1 Å². The Balaban J connectivity index is 1.70. The van der Waals surface area contributed by atoms with E-state index >= 15 is 0 Å². The summed E-state index contributed by atoms with van der Waals surface area (Å²) in [5.41, 5.74) is 1.55. The van der Waals surface area contributed by atoms with Gasteiger partial charge in [0.05, 0.1) is 22.5 Å². The van der Waals surface area contributed by atoms with Crippen LogP contribution in [-0.2, 0) is 21.2 Å². The van der Waals surface area contributed by atoms with Crippen LogP contribution >= 0.6 is 11.6 Å². The van der Waals surface area contributed by atoms with Crippen LogP contribution in [0, 0.1) is 5.82 Å². The normalized spacial score (nSPS) is 13.4. The lowest BCUT2D eigenvalue weighted by molar-refractivity contribution is 0.0475. The minimum Gasteiger partial charge on any atom is -0.454 e. The highest BCUT2D eigenvalue weighted by Crippen LogP contribution is 2.30. The van der Waals surface area contributed by atoms with Crippen molar-refractivity contribution in [2.75, 3.05) is 23.7 Å². The van der Waals surface area contributed by atoms with Crippen LogP contribution in [-0.4, -0.2) is 39.6 Å². The number of esters is 1. The summed E-state index contributed by atoms with van der Waals surface area (Å²) in [6.45, 7) is -0.190. The third-order valence-electron chi connectivity index (χ3n) is 4.14. The molecule has 0 atom stereocenters. The van der Waals surface area contributed by atoms with Gasteiger partial charge in [-0.15, -0.1) is 0 Å². The van der Waals surface area contributed by atoms with Gasteiger partial charge < -0.3 is 4.74 Å². The van der Waals surface area contributed by atoms with Crippen LogP contribution in [0.4, 0.5) is 10.1 Å². The van der Waals surface area contributed by atoms with Crippen LogP contribution in [0.2, 0.25) is 5.02 Å². The Labute approximate surface area is 160 Å². The number of benzene rings is 2. The van der Waals surface area contributed by atoms with Crippen molar-refractivity contribution in [3.63, 3.8) is 0 Å². The minimum atomic E-state index is -3.37. The number of carbonyl (C=O) groups is 2. The standard InChI is InChI=1S/C18H15ClFNO5S/c1-27(24,25)21-7-6-11-8-12(2-5-16(11)21)17(22)10-26-18(23)14-4-3-13(20)9-15(14)19/h2-5,8-9H,6-7,10H2,1H3. The lowest BCUT2D eigenvalue weighted by Crippen LogP contribution is -2.27. The molecule has 0 saturated carbocycles. The number of anilines is 1. The van der Waals surface area contributed by atoms with Gasteiger partial charge in [0.1, 0.15) is 5.82 Å². The molecule has 0 spiro atoms. The third-order valence-corrected chi connectivity index (χ3v) is 5.63. The summed E-state index contributed by atoms with van der Waals surface area (Å²) in [5.74, 6) is -1.87. The molecule has 9 heteroatoms. The number of ether oxygens (including phenoxy) is 1. The van der Waals surface area contributed by atoms with Gasteiger partial charge in [0.15, 0.2) is 12.4 Å². The first-order chi connectivity index (χ1) is 12.7. The zero-order valence-electron chi connectivity index (χ0n) is 14.2. The van der Waals surface area contributed by atoms with E-state index in [9.17, 15) is 22.4 Å². The first-order valence-electron chi connectivity index (χ1n) is 7.93. The second kappa shape index (κ2) is 7.28. The Morgan fingerprint density at radius 2 is 1.96 bits per heavy atom. The number of nitrogens with zero attached hydrogens (tertiary/aromatic N) is 1. The molecule has 2 aromatic carbocycles. The fraction of sp³-hybridized carbons (Fsp3) is 0.222. The van der Waals surface area contributed by atoms with E-state index in [0.29, 0.717) is 24.2 Å². The molecule has 142 valence electrons. The molecule has 0 radical (unpaired) electrons. The lowest BCUT2D eigenvalue weighted by atomic mass is 10.1. The van der Waals surface area contributed by atoms with Crippen molar-refractivity contribution in [2.45, 2.75) is 6.42 Å². The summed E-state index contributed by atoms with van der Waals surface area (Å²) in [6, 6.07) is 7.88. The zero-order valence-corrected chi connectivity index (χ0v) is 15.8. The fourth-order valence-electron chi connectivity index (χ4n) is 2.84. The summed E-state index contributed by atoms with van der Waals surface area (Å²) in [4.78, 5) is 24.3. The lowest BCUT2D eigenvalue weighted by Gasteiger charge is -2.16. The highest BCUT2D eigenvalue weighted by molar-refractivity contribution is 7.92. The number of hydrogen-bond acceptors (Lipinski definition) is 5. The number of fused-ring (bicyclic) bond motifs is 1. The third kappa shape index (κ3) is 4.12. The number of halogens is 2. The molecule has 0 aliphatic carbocycles. The Hall–Kier alpha value is -2.45. The Morgan fingerprint density at radius 3 is 2.63 bits per heavy atom. The van der Waals surface area contributed by atoms with Gasteiger partial charge in [0.2, 0.25) is 10.0 Å². The van der Waals surface area contributed by atoms with Gasteiger partial charge in [0, 0.05) is 12.1 Å². The van der Waals surface area contributed by atoms with Crippen LogP contribution in [0.3, 0.4) is 0 Å². The molecule has 0 unspecified atom stereocenters. The SMILES string of the molecule is CS(=O)(=O)N1CCc2cc(C(=O)COC(=O)c3ccc(F)cc3Cl)ccc21. The first-order valence-corrected chi connectivity index (χ1v) is 10.2. The highest BCUT2D eigenvalue weighted by atomic mass is 35.5. The van der Waals surface area contributed by atoms with E-state index in [0.717, 1.165) is 24.0 Å². The minimum absolute atomic E-state index is 0.0383. The van der Waals surface area contributed by atoms with Crippen molar-refractivity contribution in [2.24, 2.45) is 0 Å². The van der Waals surface area contributed by atoms with Gasteiger partial charge >= 0.3 is 5.97 Å². The molecular weight excluding hydrogens is 397 g/mol. The molecule has 0 amide bonds. The molecule has 6 nitrogen and oxygen atoms in total. The number of carbonyl (C=O) groups excluding carboxylic acids is 2. The van der Waals surface area contributed by atoms with Gasteiger partial charge in [-0.1, -0.05) is 11.6 Å². The quantitative estimate of drug-likeness (QED) is 0.558. The molecule has 1 heterocycles. The second-order valence-corrected chi connectivity index (χ2v) is 8.37. The number of hydrogen-bond donors (Lipinski definition) is 0. The van der Waals surface area contributed by atoms with Crippen LogP contribution in [0.15, 0.2) is 36.4 Å². The molecule has 0 aromatic heterocycles. The number of rotatable bonds is 5. The van der Waals surface area contributed by atoms with E-state index < -0.39 is 34.2 Å². The van der Waals surface area contributed by atoms with E-state index in [2.05, 4.69) is 0 Å². The molecule has 2 aromatic rings. The van der Waals surface area contributed by atoms with Crippen LogP contribution in [0.25, 0.3) is 0 Å². The summed E-state index contributed by atoms with van der Waals surface area (Å²) in [5, 5.41) is -0.106. The molecule has 0 bridgehead atoms. The highest BCUT2D eigenvalue weighted by Gasteiger charge is 2.27. The van der Waals surface area contributed by atoms with Gasteiger partial charge in [-0.25, -0.2) is 17.6 Å². The Morgan fingerprint density at radius 1 is 1.22 bits per heavy atom. The van der Waals surface area contributed by atoms with Crippen molar-refractivity contribution in [3.05, 3.63) is 63.9 Å². The maximum atomic E-state index is 13.0. The predicted octanol–water partition coefficient (Wildman–Crippen LogP) is 2.84. The maximum Gasteiger partial charge on any atom is 0.340 e. The number of ketones is 1. The molecule has 0 saturated heterocycles. The van der Waals surface area contributed by atoms with Crippen molar-refractivity contribution in [1.82, 2.24) is 0 Å². The molecule has 0 N–H and O–H groups in total. The fourth-order valence-corrected chi connectivity index (χ4v) is 4.04. The average Bonchev–Trinajstić information content (AvgIpc) is 3.02.